The Morgan fingerprint density at radius 3 is 2.68 bits per heavy atom. The zero-order chi connectivity index (χ0) is 28.5. The average Bonchev–Trinajstić information content (AvgIpc) is 3.52. The maximum Gasteiger partial charge on any atom is 0.262 e. The highest BCUT2D eigenvalue weighted by molar-refractivity contribution is 8.00. The van der Waals surface area contributed by atoms with Crippen LogP contribution < -0.4 is 20.3 Å². The van der Waals surface area contributed by atoms with Gasteiger partial charge in [-0.15, -0.1) is 23.1 Å². The molecule has 0 saturated carbocycles. The van der Waals surface area contributed by atoms with Gasteiger partial charge in [-0.3, -0.25) is 9.59 Å². The summed E-state index contributed by atoms with van der Waals surface area (Å²) in [7, 11) is 1.59. The van der Waals surface area contributed by atoms with Gasteiger partial charge < -0.3 is 19.5 Å². The van der Waals surface area contributed by atoms with Gasteiger partial charge in [-0.25, -0.2) is 10.3 Å². The van der Waals surface area contributed by atoms with Crippen molar-refractivity contribution < 1.29 is 28.6 Å². The number of carbonyl (C=O) groups excluding carboxylic acids is 2. The van der Waals surface area contributed by atoms with E-state index in [0.29, 0.717) is 30.2 Å². The van der Waals surface area contributed by atoms with E-state index in [1.807, 2.05) is 48.2 Å². The lowest BCUT2D eigenvalue weighted by atomic mass is 9.94. The Labute approximate surface area is 249 Å². The molecule has 218 valence electrons. The second kappa shape index (κ2) is 14.2. The largest absolute Gasteiger partial charge is 0.497 e. The maximum atomic E-state index is 13.0. The molecule has 2 saturated heterocycles. The number of ether oxygens (including phenoxy) is 3. The van der Waals surface area contributed by atoms with Crippen molar-refractivity contribution in [2.24, 2.45) is 0 Å². The fourth-order valence-corrected chi connectivity index (χ4v) is 7.92. The van der Waals surface area contributed by atoms with E-state index in [9.17, 15) is 9.59 Å². The summed E-state index contributed by atoms with van der Waals surface area (Å²) in [4.78, 5) is 33.4. The van der Waals surface area contributed by atoms with Crippen LogP contribution in [0.15, 0.2) is 60.7 Å². The van der Waals surface area contributed by atoms with E-state index in [-0.39, 0.29) is 29.5 Å². The Hall–Kier alpha value is -3.05. The number of hydrogen-bond donors (Lipinski definition) is 2. The second-order valence-corrected chi connectivity index (χ2v) is 12.7. The summed E-state index contributed by atoms with van der Waals surface area (Å²) in [6.45, 7) is 0.555. The molecule has 3 aromatic rings. The number of methoxy groups -OCH3 is 1. The highest BCUT2D eigenvalue weighted by Crippen LogP contribution is 2.51. The van der Waals surface area contributed by atoms with Crippen LogP contribution in [-0.2, 0) is 23.9 Å². The molecular formula is C31H36N2O6S2. The molecule has 3 heterocycles. The van der Waals surface area contributed by atoms with E-state index in [2.05, 4.69) is 22.9 Å². The molecule has 2 fully saturated rings. The van der Waals surface area contributed by atoms with Crippen LogP contribution >= 0.6 is 23.1 Å². The number of hydrogen-bond acceptors (Lipinski definition) is 8. The minimum atomic E-state index is -0.364. The van der Waals surface area contributed by atoms with Crippen molar-refractivity contribution in [1.29, 1.82) is 0 Å². The molecular weight excluding hydrogens is 560 g/mol. The molecule has 8 nitrogen and oxygen atoms in total. The Balaban J connectivity index is 1.22. The molecule has 1 aromatic heterocycles. The lowest BCUT2D eigenvalue weighted by molar-refractivity contribution is -0.200. The number of thioether (sulfide) groups is 1. The SMILES string of the molecule is COc1cccc(OCC(=O)Nc2cccc(-c3ccc([C@@]4(CC(=O)NOC5CCCCO5)CCCCS4)s3)c2)c1. The van der Waals surface area contributed by atoms with Crippen LogP contribution in [0.1, 0.15) is 49.8 Å². The number of amides is 2. The predicted octanol–water partition coefficient (Wildman–Crippen LogP) is 6.52. The minimum Gasteiger partial charge on any atom is -0.497 e. The predicted molar refractivity (Wildman–Crippen MR) is 162 cm³/mol. The van der Waals surface area contributed by atoms with E-state index in [1.54, 1.807) is 30.6 Å². The van der Waals surface area contributed by atoms with Gasteiger partial charge in [-0.2, -0.15) is 0 Å². The van der Waals surface area contributed by atoms with E-state index < -0.39 is 0 Å². The van der Waals surface area contributed by atoms with Crippen molar-refractivity contribution in [2.45, 2.75) is 56.0 Å². The van der Waals surface area contributed by atoms with Gasteiger partial charge in [0.05, 0.1) is 11.9 Å². The Morgan fingerprint density at radius 2 is 1.88 bits per heavy atom. The standard InChI is InChI=1S/C31H36N2O6S2/c1-36-24-10-7-11-25(19-24)38-21-29(35)32-23-9-6-8-22(18-23)26-13-14-27(41-26)31(15-3-5-17-40-31)20-28(34)33-39-30-12-2-4-16-37-30/h6-11,13-14,18-19,30H,2-5,12,15-17,20-21H2,1H3,(H,32,35)(H,33,34)/t30?,31-/m0/s1. The lowest BCUT2D eigenvalue weighted by Crippen LogP contribution is -2.37. The van der Waals surface area contributed by atoms with Gasteiger partial charge in [0.15, 0.2) is 12.9 Å². The summed E-state index contributed by atoms with van der Waals surface area (Å²) in [6.07, 6.45) is 6.03. The van der Waals surface area contributed by atoms with Crippen LogP contribution in [0.5, 0.6) is 11.5 Å². The fraction of sp³-hybridized carbons (Fsp3) is 0.419. The molecule has 5 rings (SSSR count). The van der Waals surface area contributed by atoms with Gasteiger partial charge in [0.2, 0.25) is 5.91 Å². The number of thiophene rings is 1. The second-order valence-electron chi connectivity index (χ2n) is 10.2. The van der Waals surface area contributed by atoms with Crippen LogP contribution in [0.3, 0.4) is 0 Å². The van der Waals surface area contributed by atoms with Crippen LogP contribution in [0.25, 0.3) is 10.4 Å². The monoisotopic (exact) mass is 596 g/mol. The summed E-state index contributed by atoms with van der Waals surface area (Å²) in [5.41, 5.74) is 4.36. The topological polar surface area (TPSA) is 95.1 Å². The maximum absolute atomic E-state index is 13.0. The third-order valence-electron chi connectivity index (χ3n) is 7.14. The lowest BCUT2D eigenvalue weighted by Gasteiger charge is -2.35. The summed E-state index contributed by atoms with van der Waals surface area (Å²) >= 11 is 3.57. The van der Waals surface area contributed by atoms with Crippen molar-refractivity contribution in [1.82, 2.24) is 5.48 Å². The first kappa shape index (κ1) is 29.4. The Bertz CT molecular complexity index is 1320. The number of anilines is 1. The molecule has 2 aliphatic rings. The zero-order valence-corrected chi connectivity index (χ0v) is 24.8. The van der Waals surface area contributed by atoms with Gasteiger partial charge in [0, 0.05) is 41.0 Å². The third-order valence-corrected chi connectivity index (χ3v) is 10.2. The first-order valence-corrected chi connectivity index (χ1v) is 15.8. The van der Waals surface area contributed by atoms with Crippen molar-refractivity contribution in [3.05, 3.63) is 65.5 Å². The van der Waals surface area contributed by atoms with Crippen molar-refractivity contribution >= 4 is 40.6 Å². The van der Waals surface area contributed by atoms with Gasteiger partial charge in [-0.05, 0) is 73.4 Å². The smallest absolute Gasteiger partial charge is 0.262 e. The molecule has 2 N–H and O–H groups in total. The minimum absolute atomic E-state index is 0.112. The van der Waals surface area contributed by atoms with Crippen LogP contribution in [0.4, 0.5) is 5.69 Å². The fourth-order valence-electron chi connectivity index (χ4n) is 5.03. The van der Waals surface area contributed by atoms with Gasteiger partial charge >= 0.3 is 0 Å². The molecule has 2 aromatic carbocycles. The number of carbonyl (C=O) groups is 2. The Morgan fingerprint density at radius 1 is 1.00 bits per heavy atom. The van der Waals surface area contributed by atoms with Crippen LogP contribution in [0, 0.1) is 0 Å². The van der Waals surface area contributed by atoms with E-state index in [0.717, 1.165) is 54.7 Å². The summed E-state index contributed by atoms with van der Waals surface area (Å²) in [5.74, 6) is 1.89. The molecule has 0 spiro atoms. The first-order valence-electron chi connectivity index (χ1n) is 14.0. The van der Waals surface area contributed by atoms with E-state index in [4.69, 9.17) is 19.0 Å². The van der Waals surface area contributed by atoms with Crippen LogP contribution in [0.2, 0.25) is 0 Å². The van der Waals surface area contributed by atoms with Crippen LogP contribution in [-0.4, -0.2) is 44.2 Å². The molecule has 10 heteroatoms. The molecule has 0 bridgehead atoms. The van der Waals surface area contributed by atoms with Gasteiger partial charge in [0.1, 0.15) is 11.5 Å². The zero-order valence-electron chi connectivity index (χ0n) is 23.2. The first-order chi connectivity index (χ1) is 20.0. The highest BCUT2D eigenvalue weighted by Gasteiger charge is 2.38. The molecule has 0 radical (unpaired) electrons. The number of benzene rings is 2. The molecule has 2 amide bonds. The Kier molecular flexibility index (Phi) is 10.2. The quantitative estimate of drug-likeness (QED) is 0.244. The highest BCUT2D eigenvalue weighted by atomic mass is 32.2. The molecule has 2 atom stereocenters. The summed E-state index contributed by atoms with van der Waals surface area (Å²) in [6, 6.07) is 19.2. The van der Waals surface area contributed by atoms with Gasteiger partial charge in [0.25, 0.3) is 5.91 Å². The van der Waals surface area contributed by atoms with Crippen molar-refractivity contribution in [3.8, 4) is 21.9 Å². The number of nitrogens with one attached hydrogen (secondary N) is 2. The molecule has 1 unspecified atom stereocenters. The number of hydroxylamine groups is 1. The van der Waals surface area contributed by atoms with Crippen molar-refractivity contribution in [2.75, 3.05) is 31.4 Å². The summed E-state index contributed by atoms with van der Waals surface area (Å²) in [5, 5.41) is 2.92. The van der Waals surface area contributed by atoms with E-state index in [1.165, 1.54) is 4.88 Å². The molecule has 0 aliphatic carbocycles. The molecule has 41 heavy (non-hydrogen) atoms. The third kappa shape index (κ3) is 8.03. The van der Waals surface area contributed by atoms with Crippen molar-refractivity contribution in [3.63, 3.8) is 0 Å². The normalized spacial score (nSPS) is 20.7. The molecule has 2 aliphatic heterocycles. The summed E-state index contributed by atoms with van der Waals surface area (Å²) < 4.78 is 16.1. The van der Waals surface area contributed by atoms with E-state index >= 15 is 0 Å². The number of rotatable bonds is 11. The van der Waals surface area contributed by atoms with Gasteiger partial charge in [-0.1, -0.05) is 24.6 Å². The average molecular weight is 597 g/mol.